The Morgan fingerprint density at radius 2 is 1.50 bits per heavy atom. The van der Waals surface area contributed by atoms with Gasteiger partial charge in [0.2, 0.25) is 5.60 Å². The highest BCUT2D eigenvalue weighted by Crippen LogP contribution is 2.09. The first-order valence-electron chi connectivity index (χ1n) is 3.04. The van der Waals surface area contributed by atoms with E-state index in [1.54, 1.807) is 0 Å². The van der Waals surface area contributed by atoms with Crippen LogP contribution in [0, 0.1) is 0 Å². The second kappa shape index (κ2) is 4.77. The summed E-state index contributed by atoms with van der Waals surface area (Å²) in [7, 11) is 0. The third-order valence-electron chi connectivity index (χ3n) is 1.39. The van der Waals surface area contributed by atoms with Gasteiger partial charge >= 0.3 is 0 Å². The van der Waals surface area contributed by atoms with Gasteiger partial charge in [0, 0.05) is 0 Å². The van der Waals surface area contributed by atoms with Gasteiger partial charge in [0.15, 0.2) is 11.6 Å². The summed E-state index contributed by atoms with van der Waals surface area (Å²) in [5.41, 5.74) is -2.43. The molecule has 4 nitrogen and oxygen atoms in total. The van der Waals surface area contributed by atoms with E-state index in [-0.39, 0.29) is 0 Å². The molecule has 0 saturated carbocycles. The molecule has 0 aromatic rings. The highest BCUT2D eigenvalue weighted by molar-refractivity contribution is 6.36. The van der Waals surface area contributed by atoms with E-state index >= 15 is 0 Å². The first kappa shape index (κ1) is 11.8. The summed E-state index contributed by atoms with van der Waals surface area (Å²) in [4.78, 5) is 21.7. The van der Waals surface area contributed by atoms with Crippen molar-refractivity contribution in [2.24, 2.45) is 0 Å². The van der Waals surface area contributed by atoms with Crippen LogP contribution < -0.4 is 0 Å². The number of aliphatic hydroxyl groups is 2. The van der Waals surface area contributed by atoms with Crippen molar-refractivity contribution in [3.05, 3.63) is 0 Å². The molecular formula is C6H8Cl2O4. The minimum Gasteiger partial charge on any atom is -0.392 e. The Labute approximate surface area is 79.1 Å². The molecule has 0 radical (unpaired) electrons. The molecule has 0 fully saturated rings. The van der Waals surface area contributed by atoms with Gasteiger partial charge in [-0.1, -0.05) is 0 Å². The summed E-state index contributed by atoms with van der Waals surface area (Å²) >= 11 is 10.2. The molecule has 0 spiro atoms. The average molecular weight is 215 g/mol. The number of hydrogen-bond donors (Lipinski definition) is 2. The minimum absolute atomic E-state index is 0.542. The molecule has 0 amide bonds. The lowest BCUT2D eigenvalue weighted by atomic mass is 9.96. The van der Waals surface area contributed by atoms with Crippen molar-refractivity contribution < 1.29 is 19.8 Å². The Morgan fingerprint density at radius 1 is 1.17 bits per heavy atom. The third kappa shape index (κ3) is 2.17. The molecule has 12 heavy (non-hydrogen) atoms. The van der Waals surface area contributed by atoms with Crippen molar-refractivity contribution in [1.82, 2.24) is 0 Å². The van der Waals surface area contributed by atoms with Crippen LogP contribution in [0.5, 0.6) is 0 Å². The molecule has 0 atom stereocenters. The van der Waals surface area contributed by atoms with Crippen LogP contribution in [0.3, 0.4) is 0 Å². The van der Waals surface area contributed by atoms with Crippen LogP contribution in [0.25, 0.3) is 0 Å². The van der Waals surface area contributed by atoms with Gasteiger partial charge in [-0.3, -0.25) is 9.59 Å². The largest absolute Gasteiger partial charge is 0.392 e. The maximum absolute atomic E-state index is 10.8. The molecule has 0 bridgehead atoms. The lowest BCUT2D eigenvalue weighted by molar-refractivity contribution is -0.151. The number of aliphatic hydroxyl groups excluding tert-OH is 1. The van der Waals surface area contributed by atoms with Crippen LogP contribution >= 0.6 is 23.2 Å². The molecule has 0 saturated heterocycles. The molecule has 2 N–H and O–H groups in total. The maximum Gasteiger partial charge on any atom is 0.206 e. The summed E-state index contributed by atoms with van der Waals surface area (Å²) in [6.45, 7) is -0.996. The molecular weight excluding hydrogens is 207 g/mol. The van der Waals surface area contributed by atoms with Gasteiger partial charge in [0.05, 0.1) is 18.4 Å². The second-order valence-corrected chi connectivity index (χ2v) is 2.67. The summed E-state index contributed by atoms with van der Waals surface area (Å²) in [6.07, 6.45) is 0. The van der Waals surface area contributed by atoms with Gasteiger partial charge in [-0.05, 0) is 0 Å². The van der Waals surface area contributed by atoms with Crippen molar-refractivity contribution in [3.63, 3.8) is 0 Å². The number of alkyl halides is 2. The highest BCUT2D eigenvalue weighted by Gasteiger charge is 2.41. The Morgan fingerprint density at radius 3 is 1.67 bits per heavy atom. The van der Waals surface area contributed by atoms with Crippen molar-refractivity contribution in [2.45, 2.75) is 5.60 Å². The van der Waals surface area contributed by atoms with Gasteiger partial charge < -0.3 is 10.2 Å². The molecule has 0 aliphatic rings. The monoisotopic (exact) mass is 214 g/mol. The van der Waals surface area contributed by atoms with Crippen LogP contribution in [0.4, 0.5) is 0 Å². The van der Waals surface area contributed by atoms with Gasteiger partial charge in [-0.25, -0.2) is 0 Å². The molecule has 0 rings (SSSR count). The number of halogens is 2. The predicted octanol–water partition coefficient (Wildman–Crippen LogP) is -0.674. The normalized spacial score (nSPS) is 11.3. The Bertz CT molecular complexity index is 176. The van der Waals surface area contributed by atoms with E-state index in [1.165, 1.54) is 0 Å². The third-order valence-corrected chi connectivity index (χ3v) is 1.88. The van der Waals surface area contributed by atoms with Crippen LogP contribution in [0.1, 0.15) is 0 Å². The van der Waals surface area contributed by atoms with E-state index in [1.807, 2.05) is 0 Å². The summed E-state index contributed by atoms with van der Waals surface area (Å²) in [5, 5.41) is 17.8. The number of hydrogen-bond acceptors (Lipinski definition) is 4. The number of carbonyl (C=O) groups is 2. The minimum atomic E-state index is -2.43. The van der Waals surface area contributed by atoms with E-state index in [2.05, 4.69) is 0 Å². The summed E-state index contributed by atoms with van der Waals surface area (Å²) in [6, 6.07) is 0. The van der Waals surface area contributed by atoms with E-state index in [0.717, 1.165) is 0 Å². The molecule has 0 heterocycles. The zero-order chi connectivity index (χ0) is 9.78. The fourth-order valence-corrected chi connectivity index (χ4v) is 0.995. The Balaban J connectivity index is 4.66. The van der Waals surface area contributed by atoms with Crippen molar-refractivity contribution in [3.8, 4) is 0 Å². The Hall–Kier alpha value is -0.160. The van der Waals surface area contributed by atoms with E-state index < -0.39 is 35.5 Å². The predicted molar refractivity (Wildman–Crippen MR) is 43.5 cm³/mol. The van der Waals surface area contributed by atoms with E-state index in [0.29, 0.717) is 0 Å². The standard InChI is InChI=1S/C6H8Cl2O4/c7-1-4(10)6(12,3-9)5(11)2-8/h9,12H,1-3H2. The van der Waals surface area contributed by atoms with Gasteiger partial charge in [-0.15, -0.1) is 23.2 Å². The zero-order valence-corrected chi connectivity index (χ0v) is 7.60. The Kier molecular flexibility index (Phi) is 4.70. The zero-order valence-electron chi connectivity index (χ0n) is 6.09. The van der Waals surface area contributed by atoms with Crippen LogP contribution in [-0.2, 0) is 9.59 Å². The van der Waals surface area contributed by atoms with Crippen LogP contribution in [0.15, 0.2) is 0 Å². The fourth-order valence-electron chi connectivity index (χ4n) is 0.553. The number of rotatable bonds is 5. The van der Waals surface area contributed by atoms with Gasteiger partial charge in [-0.2, -0.15) is 0 Å². The molecule has 0 aliphatic heterocycles. The van der Waals surface area contributed by atoms with Gasteiger partial charge in [0.1, 0.15) is 0 Å². The van der Waals surface area contributed by atoms with Crippen molar-refractivity contribution in [1.29, 1.82) is 0 Å². The molecule has 0 aromatic carbocycles. The van der Waals surface area contributed by atoms with Crippen LogP contribution in [-0.4, -0.2) is 45.7 Å². The second-order valence-electron chi connectivity index (χ2n) is 2.13. The fraction of sp³-hybridized carbons (Fsp3) is 0.667. The quantitative estimate of drug-likeness (QED) is 0.471. The molecule has 0 unspecified atom stereocenters. The number of carbonyl (C=O) groups excluding carboxylic acids is 2. The van der Waals surface area contributed by atoms with E-state index in [4.69, 9.17) is 28.3 Å². The molecule has 70 valence electrons. The molecule has 0 aliphatic carbocycles. The first-order valence-corrected chi connectivity index (χ1v) is 4.11. The summed E-state index contributed by atoms with van der Waals surface area (Å²) in [5.74, 6) is -2.98. The number of Topliss-reactive ketones (excluding diaryl/α,β-unsaturated/α-hetero) is 2. The smallest absolute Gasteiger partial charge is 0.206 e. The lowest BCUT2D eigenvalue weighted by Gasteiger charge is -2.20. The average Bonchev–Trinajstić information content (AvgIpc) is 2.13. The maximum atomic E-state index is 10.8. The first-order chi connectivity index (χ1) is 5.52. The summed E-state index contributed by atoms with van der Waals surface area (Å²) < 4.78 is 0. The highest BCUT2D eigenvalue weighted by atomic mass is 35.5. The number of ketones is 2. The van der Waals surface area contributed by atoms with Crippen molar-refractivity contribution >= 4 is 34.8 Å². The molecule has 0 aromatic heterocycles. The van der Waals surface area contributed by atoms with Crippen molar-refractivity contribution in [2.75, 3.05) is 18.4 Å². The van der Waals surface area contributed by atoms with Crippen LogP contribution in [0.2, 0.25) is 0 Å². The molecule has 6 heteroatoms. The SMILES string of the molecule is O=C(CCl)C(O)(CO)C(=O)CCl. The van der Waals surface area contributed by atoms with Gasteiger partial charge in [0.25, 0.3) is 0 Å². The topological polar surface area (TPSA) is 74.6 Å². The van der Waals surface area contributed by atoms with E-state index in [9.17, 15) is 14.7 Å². The lowest BCUT2D eigenvalue weighted by Crippen LogP contribution is -2.51.